The molecule has 2 aromatic carbocycles. The zero-order chi connectivity index (χ0) is 73.4. The third kappa shape index (κ3) is 54.0. The van der Waals surface area contributed by atoms with Gasteiger partial charge in [0.2, 0.25) is 6.08 Å². The summed E-state index contributed by atoms with van der Waals surface area (Å²) in [7, 11) is 0. The van der Waals surface area contributed by atoms with Gasteiger partial charge in [0.25, 0.3) is 0 Å². The van der Waals surface area contributed by atoms with Crippen LogP contribution in [0.1, 0.15) is 324 Å². The van der Waals surface area contributed by atoms with E-state index in [1.54, 1.807) is 12.2 Å². The number of aliphatic hydroxyl groups is 1. The fraction of sp³-hybridized carbons (Fsp3) is 0.784. The maximum atomic E-state index is 13.2. The smallest absolute Gasteiger partial charge is 1.00 e. The summed E-state index contributed by atoms with van der Waals surface area (Å²) < 4.78 is 17.7. The molecule has 11 nitrogen and oxygen atoms in total. The molecule has 3 radical (unpaired) electrons. The predicted octanol–water partition coefficient (Wildman–Crippen LogP) is 17.3. The Kier molecular flexibility index (Phi) is 69.0. The Morgan fingerprint density at radius 3 is 1.36 bits per heavy atom. The molecule has 8 rings (SSSR count). The third-order valence-electron chi connectivity index (χ3n) is 22.6. The molecule has 2 amide bonds. The van der Waals surface area contributed by atoms with E-state index in [9.17, 15) is 19.5 Å². The van der Waals surface area contributed by atoms with Gasteiger partial charge in [-0.15, -0.1) is 13.2 Å². The zero-order valence-electron chi connectivity index (χ0n) is 70.5. The standard InChI is InChI=1S/C29H48N2O2.C15H28O.C14H26O2.C12H24O.C8H11N.C7H11NO.C3H5Br.B.2Na.2H/c1-4-23(2)13-16-25-9-8-12-28(21-25)33-20-19-31(22-26-17-14-24(3)15-18-26)29(32)30-27-10-6-5-7-11-27;1-4-11-16-15-8-6-7-14(12-15)10-9-13(3)5-2;1-3-12(2)7-8-13-5-4-6-14(11-13)16-10-9-15;1-3-10(2)7-8-11-5-4-6-12(13)9-11;1-7-2-4-8(6-9)5-3-7;9-6-8-7-4-2-1-3-5-7;1-2-3-4;;;;;/h14-15,17-18,23,25,27-28H,4-13,16,19-22H2,1-3H3,(H,30,32);4,13-15H,1,5-12H2,2-3H3;9,12-14H,3-8,10-11H2,1-2H3;10-13H,3-9H2,1-2H3;2-5H,6,9H2,1H3;7H,1-5H2;2H,1,3H2;;;;;/q;;;;;;;;2*+1;2*-1. The second-order valence-electron chi connectivity index (χ2n) is 31.3. The summed E-state index contributed by atoms with van der Waals surface area (Å²) in [6.45, 7) is 33.4. The van der Waals surface area contributed by atoms with E-state index in [1.807, 2.05) is 11.0 Å². The molecular formula is C88H155BBrN4Na2O7. The number of allylic oxidation sites excluding steroid dienone is 1. The minimum atomic E-state index is 0. The molecule has 6 aliphatic carbocycles. The number of nitrogens with one attached hydrogen (secondary N) is 1. The molecular weight excluding hydrogens is 1360 g/mol. The quantitative estimate of drug-likeness (QED) is 0.0163. The minimum absolute atomic E-state index is 0. The number of ether oxygens (including phenoxy) is 3. The summed E-state index contributed by atoms with van der Waals surface area (Å²) in [5, 5.41) is 13.7. The molecule has 6 aliphatic rings. The van der Waals surface area contributed by atoms with E-state index < -0.39 is 0 Å². The number of aldehydes is 1. The first-order valence-corrected chi connectivity index (χ1v) is 42.2. The molecule has 15 heteroatoms. The van der Waals surface area contributed by atoms with Crippen molar-refractivity contribution < 1.29 is 95.7 Å². The van der Waals surface area contributed by atoms with Gasteiger partial charge in [0, 0.05) is 39.4 Å². The van der Waals surface area contributed by atoms with E-state index in [4.69, 9.17) is 19.9 Å². The molecule has 0 aromatic heterocycles. The van der Waals surface area contributed by atoms with Crippen LogP contribution in [0.4, 0.5) is 4.79 Å². The normalized spacial score (nSPS) is 22.7. The SMILES string of the molecule is C=CCBr.C=CCOC1CCCC(CCC(C)CC)C1.CCC(C)CCC1CCCC(O)C1.CCC(C)CCC1CCCC(OCC=O)C1.CCC(C)CCC1CCCC(OCCN(Cc2ccc(C)cc2)C(=O)NC2CCCCC2)C1.Cc1ccc(CN)cc1.O=C=NC1CCCCC1.[B].[H-].[H-].[Na+].[Na+]. The number of rotatable bonds is 32. The summed E-state index contributed by atoms with van der Waals surface area (Å²) in [6, 6.07) is 17.5. The van der Waals surface area contributed by atoms with Crippen LogP contribution in [-0.4, -0.2) is 105 Å². The van der Waals surface area contributed by atoms with Gasteiger partial charge in [0.05, 0.1) is 43.7 Å². The number of nitrogens with zero attached hydrogens (tertiary/aromatic N) is 2. The fourth-order valence-electron chi connectivity index (χ4n) is 14.8. The van der Waals surface area contributed by atoms with Crippen molar-refractivity contribution in [1.82, 2.24) is 10.2 Å². The minimum Gasteiger partial charge on any atom is -1.00 e. The van der Waals surface area contributed by atoms with Gasteiger partial charge in [-0.25, -0.2) is 14.6 Å². The van der Waals surface area contributed by atoms with Gasteiger partial charge in [0.1, 0.15) is 12.9 Å². The van der Waals surface area contributed by atoms with Crippen LogP contribution in [-0.2, 0) is 36.9 Å². The van der Waals surface area contributed by atoms with Crippen molar-refractivity contribution in [3.05, 3.63) is 96.1 Å². The van der Waals surface area contributed by atoms with Crippen LogP contribution in [0.5, 0.6) is 0 Å². The zero-order valence-corrected chi connectivity index (χ0v) is 74.1. The number of carbonyl (C=O) groups is 2. The number of aliphatic hydroxyl groups excluding tert-OH is 1. The molecule has 0 aliphatic heterocycles. The third-order valence-corrected chi connectivity index (χ3v) is 23.0. The van der Waals surface area contributed by atoms with Gasteiger partial charge in [0.15, 0.2) is 0 Å². The Hall–Kier alpha value is -1.42. The topological polar surface area (TPSA) is 153 Å². The number of aryl methyl sites for hydroxylation is 2. The van der Waals surface area contributed by atoms with Crippen molar-refractivity contribution in [2.75, 3.05) is 31.7 Å². The van der Waals surface area contributed by atoms with Gasteiger partial charge in [-0.3, -0.25) is 0 Å². The van der Waals surface area contributed by atoms with E-state index in [0.29, 0.717) is 56.6 Å². The second kappa shape index (κ2) is 68.6. The van der Waals surface area contributed by atoms with Crippen molar-refractivity contribution in [3.8, 4) is 0 Å². The fourth-order valence-corrected chi connectivity index (χ4v) is 14.8. The Bertz CT molecular complexity index is 2320. The molecule has 0 saturated heterocycles. The Morgan fingerprint density at radius 2 is 0.981 bits per heavy atom. The van der Waals surface area contributed by atoms with Crippen molar-refractivity contribution >= 4 is 42.7 Å². The monoisotopic (exact) mass is 1520 g/mol. The number of hydrogen-bond acceptors (Lipinski definition) is 9. The van der Waals surface area contributed by atoms with Gasteiger partial charge in [-0.1, -0.05) is 310 Å². The average Bonchev–Trinajstić information content (AvgIpc) is 0.859. The number of aliphatic imine (C=N–C) groups is 1. The number of carbonyl (C=O) groups excluding carboxylic acids is 3. The molecule has 12 unspecified atom stereocenters. The van der Waals surface area contributed by atoms with Crippen molar-refractivity contribution in [2.24, 2.45) is 58.1 Å². The van der Waals surface area contributed by atoms with Gasteiger partial charge in [-0.05, 0) is 149 Å². The van der Waals surface area contributed by atoms with Crippen LogP contribution in [0, 0.1) is 61.2 Å². The second-order valence-corrected chi connectivity index (χ2v) is 32.0. The number of hydrogen-bond donors (Lipinski definition) is 3. The van der Waals surface area contributed by atoms with Crippen LogP contribution >= 0.6 is 15.9 Å². The number of urea groups is 1. The average molecular weight is 1520 g/mol. The molecule has 6 fully saturated rings. The Balaban J connectivity index is -0.000000608. The van der Waals surface area contributed by atoms with Crippen LogP contribution < -0.4 is 70.2 Å². The first kappa shape index (κ1) is 104. The summed E-state index contributed by atoms with van der Waals surface area (Å²) >= 11 is 3.13. The summed E-state index contributed by atoms with van der Waals surface area (Å²) in [4.78, 5) is 38.8. The van der Waals surface area contributed by atoms with Crippen molar-refractivity contribution in [3.63, 3.8) is 0 Å². The van der Waals surface area contributed by atoms with Gasteiger partial charge < -0.3 is 42.9 Å². The first-order valence-electron chi connectivity index (χ1n) is 41.1. The summed E-state index contributed by atoms with van der Waals surface area (Å²) in [5.41, 5.74) is 10.3. The molecule has 4 N–H and O–H groups in total. The largest absolute Gasteiger partial charge is 1.00 e. The molecule has 581 valence electrons. The number of halogens is 1. The number of alkyl halides is 1. The molecule has 2 aromatic rings. The molecule has 0 bridgehead atoms. The Morgan fingerprint density at radius 1 is 0.592 bits per heavy atom. The number of benzene rings is 2. The molecule has 0 heterocycles. The molecule has 12 atom stereocenters. The molecule has 6 saturated carbocycles. The van der Waals surface area contributed by atoms with E-state index in [0.717, 1.165) is 111 Å². The van der Waals surface area contributed by atoms with Crippen molar-refractivity contribution in [1.29, 1.82) is 0 Å². The predicted molar refractivity (Wildman–Crippen MR) is 437 cm³/mol. The maximum absolute atomic E-state index is 13.2. The van der Waals surface area contributed by atoms with E-state index in [-0.39, 0.29) is 89.1 Å². The number of nitrogens with two attached hydrogens (primary N) is 1. The first-order chi connectivity index (χ1) is 48.4. The van der Waals surface area contributed by atoms with E-state index >= 15 is 0 Å². The van der Waals surface area contributed by atoms with E-state index in [2.05, 4.69) is 157 Å². The number of isocyanates is 1. The summed E-state index contributed by atoms with van der Waals surface area (Å²) in [6.07, 6.45) is 55.4. The van der Waals surface area contributed by atoms with Crippen LogP contribution in [0.2, 0.25) is 0 Å². The van der Waals surface area contributed by atoms with Gasteiger partial charge >= 0.3 is 65.1 Å². The van der Waals surface area contributed by atoms with E-state index in [1.165, 1.54) is 221 Å². The van der Waals surface area contributed by atoms with Crippen LogP contribution in [0.3, 0.4) is 0 Å². The maximum Gasteiger partial charge on any atom is 1.00 e. The molecule has 0 spiro atoms. The van der Waals surface area contributed by atoms with Gasteiger partial charge in [-0.2, -0.15) is 0 Å². The number of amides is 2. The molecule has 103 heavy (non-hydrogen) atoms. The Labute approximate surface area is 691 Å². The van der Waals surface area contributed by atoms with Crippen molar-refractivity contribution in [2.45, 2.75) is 363 Å². The summed E-state index contributed by atoms with van der Waals surface area (Å²) in [5.74, 6) is 6.85. The van der Waals surface area contributed by atoms with Crippen LogP contribution in [0.25, 0.3) is 0 Å². The van der Waals surface area contributed by atoms with Crippen LogP contribution in [0.15, 0.2) is 78.8 Å².